The predicted molar refractivity (Wildman–Crippen MR) is 69.5 cm³/mol. The van der Waals surface area contributed by atoms with E-state index in [0.717, 1.165) is 19.3 Å². The summed E-state index contributed by atoms with van der Waals surface area (Å²) in [7, 11) is 3.16. The van der Waals surface area contributed by atoms with Crippen molar-refractivity contribution in [3.8, 4) is 5.88 Å². The molecule has 1 aliphatic rings. The van der Waals surface area contributed by atoms with Crippen LogP contribution in [0.2, 0.25) is 0 Å². The van der Waals surface area contributed by atoms with Gasteiger partial charge in [0.1, 0.15) is 0 Å². The summed E-state index contributed by atoms with van der Waals surface area (Å²) in [6.07, 6.45) is 2.90. The fourth-order valence-corrected chi connectivity index (χ4v) is 2.28. The molecule has 0 aromatic carbocycles. The Morgan fingerprint density at radius 2 is 2.21 bits per heavy atom. The second kappa shape index (κ2) is 5.83. The van der Waals surface area contributed by atoms with Crippen LogP contribution >= 0.6 is 0 Å². The van der Waals surface area contributed by atoms with Gasteiger partial charge in [-0.05, 0) is 19.3 Å². The molecule has 19 heavy (non-hydrogen) atoms. The maximum Gasteiger partial charge on any atom is 0.311 e. The zero-order valence-corrected chi connectivity index (χ0v) is 11.0. The van der Waals surface area contributed by atoms with Gasteiger partial charge in [-0.3, -0.25) is 10.1 Å². The largest absolute Gasteiger partial charge is 0.481 e. The minimum absolute atomic E-state index is 0.0401. The SMILES string of the molecule is COc1ccc([N+](=O)[O-])c(NC2CCC(OC)C2)n1. The summed E-state index contributed by atoms with van der Waals surface area (Å²) < 4.78 is 10.3. The Kier molecular flexibility index (Phi) is 4.16. The molecule has 0 saturated heterocycles. The lowest BCUT2D eigenvalue weighted by Crippen LogP contribution is -2.19. The highest BCUT2D eigenvalue weighted by molar-refractivity contribution is 5.57. The highest BCUT2D eigenvalue weighted by Gasteiger charge is 2.27. The van der Waals surface area contributed by atoms with E-state index >= 15 is 0 Å². The topological polar surface area (TPSA) is 86.5 Å². The summed E-state index contributed by atoms with van der Waals surface area (Å²) in [6.45, 7) is 0. The molecule has 0 aliphatic heterocycles. The Balaban J connectivity index is 2.16. The molecule has 0 bridgehead atoms. The van der Waals surface area contributed by atoms with Crippen LogP contribution in [-0.4, -0.2) is 36.3 Å². The van der Waals surface area contributed by atoms with Gasteiger partial charge in [-0.25, -0.2) is 0 Å². The highest BCUT2D eigenvalue weighted by atomic mass is 16.6. The average molecular weight is 267 g/mol. The second-order valence-electron chi connectivity index (χ2n) is 4.49. The minimum atomic E-state index is -0.447. The molecule has 0 radical (unpaired) electrons. The third kappa shape index (κ3) is 3.11. The molecule has 2 rings (SSSR count). The number of nitrogens with one attached hydrogen (secondary N) is 1. The number of aromatic nitrogens is 1. The highest BCUT2D eigenvalue weighted by Crippen LogP contribution is 2.29. The van der Waals surface area contributed by atoms with Gasteiger partial charge in [0.25, 0.3) is 0 Å². The summed E-state index contributed by atoms with van der Waals surface area (Å²) in [5.41, 5.74) is -0.0401. The third-order valence-corrected chi connectivity index (χ3v) is 3.31. The van der Waals surface area contributed by atoms with E-state index in [4.69, 9.17) is 9.47 Å². The molecule has 104 valence electrons. The predicted octanol–water partition coefficient (Wildman–Crippen LogP) is 1.98. The van der Waals surface area contributed by atoms with Crippen molar-refractivity contribution in [3.05, 3.63) is 22.2 Å². The number of hydrogen-bond acceptors (Lipinski definition) is 6. The number of pyridine rings is 1. The normalized spacial score (nSPS) is 22.2. The fraction of sp³-hybridized carbons (Fsp3) is 0.583. The van der Waals surface area contributed by atoms with Crippen LogP contribution in [0.15, 0.2) is 12.1 Å². The van der Waals surface area contributed by atoms with Crippen LogP contribution in [0.4, 0.5) is 11.5 Å². The van der Waals surface area contributed by atoms with E-state index < -0.39 is 4.92 Å². The fourth-order valence-electron chi connectivity index (χ4n) is 2.28. The number of methoxy groups -OCH3 is 2. The molecule has 1 N–H and O–H groups in total. The van der Waals surface area contributed by atoms with Crippen LogP contribution < -0.4 is 10.1 Å². The van der Waals surface area contributed by atoms with Gasteiger partial charge in [-0.2, -0.15) is 4.98 Å². The summed E-state index contributed by atoms with van der Waals surface area (Å²) in [4.78, 5) is 14.6. The van der Waals surface area contributed by atoms with Crippen LogP contribution in [0.25, 0.3) is 0 Å². The molecule has 1 aromatic heterocycles. The summed E-state index contributed by atoms with van der Waals surface area (Å²) in [5.74, 6) is 0.612. The Bertz CT molecular complexity index is 466. The first-order valence-corrected chi connectivity index (χ1v) is 6.12. The summed E-state index contributed by atoms with van der Waals surface area (Å²) in [6, 6.07) is 3.02. The van der Waals surface area contributed by atoms with Crippen LogP contribution in [0.5, 0.6) is 5.88 Å². The first kappa shape index (κ1) is 13.5. The number of nitro groups is 1. The number of anilines is 1. The molecule has 1 aliphatic carbocycles. The second-order valence-corrected chi connectivity index (χ2v) is 4.49. The lowest BCUT2D eigenvalue weighted by Gasteiger charge is -2.14. The average Bonchev–Trinajstić information content (AvgIpc) is 2.86. The van der Waals surface area contributed by atoms with Crippen LogP contribution in [0.3, 0.4) is 0 Å². The van der Waals surface area contributed by atoms with E-state index in [1.165, 1.54) is 19.2 Å². The molecule has 7 nitrogen and oxygen atoms in total. The van der Waals surface area contributed by atoms with E-state index in [-0.39, 0.29) is 23.7 Å². The van der Waals surface area contributed by atoms with Crippen molar-refractivity contribution in [2.24, 2.45) is 0 Å². The third-order valence-electron chi connectivity index (χ3n) is 3.31. The maximum absolute atomic E-state index is 11.0. The van der Waals surface area contributed by atoms with Crippen LogP contribution in [0.1, 0.15) is 19.3 Å². The molecule has 1 saturated carbocycles. The van der Waals surface area contributed by atoms with Crippen molar-refractivity contribution in [2.75, 3.05) is 19.5 Å². The zero-order valence-electron chi connectivity index (χ0n) is 11.0. The van der Waals surface area contributed by atoms with Crippen molar-refractivity contribution in [1.29, 1.82) is 0 Å². The van der Waals surface area contributed by atoms with Crippen molar-refractivity contribution in [3.63, 3.8) is 0 Å². The van der Waals surface area contributed by atoms with E-state index in [1.807, 2.05) is 0 Å². The minimum Gasteiger partial charge on any atom is -0.481 e. The van der Waals surface area contributed by atoms with Gasteiger partial charge in [0.15, 0.2) is 0 Å². The molecule has 2 unspecified atom stereocenters. The zero-order chi connectivity index (χ0) is 13.8. The molecule has 1 fully saturated rings. The van der Waals surface area contributed by atoms with Gasteiger partial charge < -0.3 is 14.8 Å². The molecule has 0 spiro atoms. The lowest BCUT2D eigenvalue weighted by molar-refractivity contribution is -0.384. The molecule has 1 heterocycles. The van der Waals surface area contributed by atoms with Crippen molar-refractivity contribution >= 4 is 11.5 Å². The standard InChI is InChI=1S/C12H17N3O4/c1-18-9-4-3-8(7-9)13-12-10(15(16)17)5-6-11(14-12)19-2/h5-6,8-9H,3-4,7H2,1-2H3,(H,13,14). The molecular weight excluding hydrogens is 250 g/mol. The number of ether oxygens (including phenoxy) is 2. The van der Waals surface area contributed by atoms with Gasteiger partial charge in [0.05, 0.1) is 18.1 Å². The molecule has 0 amide bonds. The molecular formula is C12H17N3O4. The Morgan fingerprint density at radius 3 is 2.79 bits per heavy atom. The molecule has 1 aromatic rings. The van der Waals surface area contributed by atoms with Crippen molar-refractivity contribution < 1.29 is 14.4 Å². The van der Waals surface area contributed by atoms with Gasteiger partial charge >= 0.3 is 5.69 Å². The maximum atomic E-state index is 11.0. The molecule has 7 heteroatoms. The van der Waals surface area contributed by atoms with Crippen molar-refractivity contribution in [2.45, 2.75) is 31.4 Å². The van der Waals surface area contributed by atoms with E-state index in [1.54, 1.807) is 7.11 Å². The smallest absolute Gasteiger partial charge is 0.311 e. The van der Waals surface area contributed by atoms with Crippen molar-refractivity contribution in [1.82, 2.24) is 4.98 Å². The van der Waals surface area contributed by atoms with Gasteiger partial charge in [-0.15, -0.1) is 0 Å². The van der Waals surface area contributed by atoms with Gasteiger partial charge in [0, 0.05) is 25.3 Å². The number of nitrogens with zero attached hydrogens (tertiary/aromatic N) is 2. The van der Waals surface area contributed by atoms with Gasteiger partial charge in [0.2, 0.25) is 11.7 Å². The summed E-state index contributed by atoms with van der Waals surface area (Å²) >= 11 is 0. The first-order valence-electron chi connectivity index (χ1n) is 6.12. The van der Waals surface area contributed by atoms with E-state index in [9.17, 15) is 10.1 Å². The number of hydrogen-bond donors (Lipinski definition) is 1. The Morgan fingerprint density at radius 1 is 1.42 bits per heavy atom. The number of rotatable bonds is 5. The van der Waals surface area contributed by atoms with Gasteiger partial charge in [-0.1, -0.05) is 0 Å². The van der Waals surface area contributed by atoms with E-state index in [2.05, 4.69) is 10.3 Å². The lowest BCUT2D eigenvalue weighted by atomic mass is 10.2. The first-order chi connectivity index (χ1) is 9.13. The molecule has 2 atom stereocenters. The Labute approximate surface area is 111 Å². The monoisotopic (exact) mass is 267 g/mol. The summed E-state index contributed by atoms with van der Waals surface area (Å²) in [5, 5.41) is 14.1. The van der Waals surface area contributed by atoms with E-state index in [0.29, 0.717) is 5.88 Å². The Hall–Kier alpha value is -1.89. The quantitative estimate of drug-likeness (QED) is 0.648. The van der Waals surface area contributed by atoms with Crippen LogP contribution in [0, 0.1) is 10.1 Å². The van der Waals surface area contributed by atoms with Crippen LogP contribution in [-0.2, 0) is 4.74 Å².